The first-order valence-corrected chi connectivity index (χ1v) is 8.50. The lowest BCUT2D eigenvalue weighted by Gasteiger charge is -2.17. The normalized spacial score (nSPS) is 12.4. The van der Waals surface area contributed by atoms with Crippen LogP contribution in [-0.4, -0.2) is 13.6 Å². The van der Waals surface area contributed by atoms with Gasteiger partial charge in [-0.1, -0.05) is 50.1 Å². The van der Waals surface area contributed by atoms with E-state index in [1.165, 1.54) is 11.6 Å². The van der Waals surface area contributed by atoms with E-state index in [-0.39, 0.29) is 5.82 Å². The molecule has 0 saturated heterocycles. The summed E-state index contributed by atoms with van der Waals surface area (Å²) in [6.07, 6.45) is 1.66. The molecule has 0 heterocycles. The van der Waals surface area contributed by atoms with Crippen LogP contribution < -0.4 is 5.32 Å². The zero-order valence-corrected chi connectivity index (χ0v) is 15.0. The maximum absolute atomic E-state index is 14.0. The summed E-state index contributed by atoms with van der Waals surface area (Å²) in [4.78, 5) is 0. The highest BCUT2D eigenvalue weighted by Gasteiger charge is 2.13. The second-order valence-corrected chi connectivity index (χ2v) is 7.03. The second-order valence-electron chi connectivity index (χ2n) is 5.20. The van der Waals surface area contributed by atoms with Gasteiger partial charge in [0.05, 0.1) is 0 Å². The van der Waals surface area contributed by atoms with Crippen molar-refractivity contribution >= 4 is 31.9 Å². The van der Waals surface area contributed by atoms with Gasteiger partial charge >= 0.3 is 0 Å². The molecule has 0 aliphatic carbocycles. The van der Waals surface area contributed by atoms with E-state index in [1.54, 1.807) is 0 Å². The fraction of sp³-hybridized carbons (Fsp3) is 0.294. The quantitative estimate of drug-likeness (QED) is 0.703. The van der Waals surface area contributed by atoms with Crippen molar-refractivity contribution in [3.05, 3.63) is 68.4 Å². The van der Waals surface area contributed by atoms with Gasteiger partial charge in [0.15, 0.2) is 0 Å². The predicted molar refractivity (Wildman–Crippen MR) is 93.1 cm³/mol. The first kappa shape index (κ1) is 16.7. The van der Waals surface area contributed by atoms with Crippen LogP contribution in [0.4, 0.5) is 4.39 Å². The molecular formula is C17H18Br2FN. The van der Waals surface area contributed by atoms with Crippen LogP contribution >= 0.6 is 31.9 Å². The van der Waals surface area contributed by atoms with E-state index in [0.29, 0.717) is 5.92 Å². The van der Waals surface area contributed by atoms with Gasteiger partial charge < -0.3 is 5.32 Å². The summed E-state index contributed by atoms with van der Waals surface area (Å²) < 4.78 is 15.9. The Bertz CT molecular complexity index is 601. The van der Waals surface area contributed by atoms with Crippen molar-refractivity contribution in [1.82, 2.24) is 5.32 Å². The van der Waals surface area contributed by atoms with Gasteiger partial charge in [0.1, 0.15) is 5.82 Å². The number of benzene rings is 2. The Morgan fingerprint density at radius 3 is 2.48 bits per heavy atom. The summed E-state index contributed by atoms with van der Waals surface area (Å²) >= 11 is 6.79. The van der Waals surface area contributed by atoms with Crippen LogP contribution in [0.1, 0.15) is 11.1 Å². The SMILES string of the molecule is CNCC(Cc1cccc(Br)c1)Cc1ccc(Br)cc1F. The Morgan fingerprint density at radius 1 is 1.05 bits per heavy atom. The van der Waals surface area contributed by atoms with Crippen LogP contribution in [-0.2, 0) is 12.8 Å². The highest BCUT2D eigenvalue weighted by molar-refractivity contribution is 9.10. The van der Waals surface area contributed by atoms with Gasteiger partial charge in [-0.05, 0) is 67.7 Å². The lowest BCUT2D eigenvalue weighted by atomic mass is 9.92. The number of hydrogen-bond donors (Lipinski definition) is 1. The maximum Gasteiger partial charge on any atom is 0.127 e. The predicted octanol–water partition coefficient (Wildman–Crippen LogP) is 4.97. The van der Waals surface area contributed by atoms with Crippen molar-refractivity contribution in [2.24, 2.45) is 5.92 Å². The van der Waals surface area contributed by atoms with E-state index in [0.717, 1.165) is 33.9 Å². The molecule has 0 spiro atoms. The van der Waals surface area contributed by atoms with Gasteiger partial charge in [0, 0.05) is 8.95 Å². The van der Waals surface area contributed by atoms with E-state index in [9.17, 15) is 4.39 Å². The molecule has 0 saturated carbocycles. The molecule has 1 nitrogen and oxygen atoms in total. The molecule has 1 N–H and O–H groups in total. The minimum Gasteiger partial charge on any atom is -0.319 e. The molecule has 112 valence electrons. The maximum atomic E-state index is 14.0. The number of hydrogen-bond acceptors (Lipinski definition) is 1. The lowest BCUT2D eigenvalue weighted by Crippen LogP contribution is -2.23. The summed E-state index contributed by atoms with van der Waals surface area (Å²) in [5, 5.41) is 3.21. The summed E-state index contributed by atoms with van der Waals surface area (Å²) in [6.45, 7) is 0.863. The number of nitrogens with one attached hydrogen (secondary N) is 1. The van der Waals surface area contributed by atoms with Gasteiger partial charge in [0.25, 0.3) is 0 Å². The fourth-order valence-corrected chi connectivity index (χ4v) is 3.28. The molecule has 0 aromatic heterocycles. The van der Waals surface area contributed by atoms with Gasteiger partial charge in [-0.25, -0.2) is 4.39 Å². The monoisotopic (exact) mass is 413 g/mol. The third-order valence-electron chi connectivity index (χ3n) is 3.43. The fourth-order valence-electron chi connectivity index (χ4n) is 2.50. The molecular weight excluding hydrogens is 397 g/mol. The highest BCUT2D eigenvalue weighted by Crippen LogP contribution is 2.21. The van der Waals surface area contributed by atoms with Crippen molar-refractivity contribution in [3.63, 3.8) is 0 Å². The third-order valence-corrected chi connectivity index (χ3v) is 4.42. The first-order valence-electron chi connectivity index (χ1n) is 6.91. The van der Waals surface area contributed by atoms with Crippen LogP contribution in [0, 0.1) is 11.7 Å². The average molecular weight is 415 g/mol. The van der Waals surface area contributed by atoms with E-state index in [4.69, 9.17) is 0 Å². The molecule has 0 amide bonds. The van der Waals surface area contributed by atoms with E-state index >= 15 is 0 Å². The minimum absolute atomic E-state index is 0.139. The van der Waals surface area contributed by atoms with Crippen LogP contribution in [0.25, 0.3) is 0 Å². The Balaban J connectivity index is 2.11. The largest absolute Gasteiger partial charge is 0.319 e. The van der Waals surface area contributed by atoms with Crippen molar-refractivity contribution in [2.75, 3.05) is 13.6 Å². The second kappa shape index (κ2) is 8.06. The summed E-state index contributed by atoms with van der Waals surface area (Å²) in [6, 6.07) is 13.6. The smallest absolute Gasteiger partial charge is 0.127 e. The standard InChI is InChI=1S/C17H18Br2FN/c1-21-11-13(7-12-3-2-4-15(18)9-12)8-14-5-6-16(19)10-17(14)20/h2-6,9-10,13,21H,7-8,11H2,1H3. The molecule has 0 aliphatic rings. The Hall–Kier alpha value is -0.710. The summed E-state index contributed by atoms with van der Waals surface area (Å²) in [5.41, 5.74) is 2.04. The Morgan fingerprint density at radius 2 is 1.81 bits per heavy atom. The average Bonchev–Trinajstić information content (AvgIpc) is 2.42. The summed E-state index contributed by atoms with van der Waals surface area (Å²) in [7, 11) is 1.94. The van der Waals surface area contributed by atoms with Crippen LogP contribution in [0.3, 0.4) is 0 Å². The number of rotatable bonds is 6. The van der Waals surface area contributed by atoms with E-state index in [2.05, 4.69) is 49.3 Å². The zero-order chi connectivity index (χ0) is 15.2. The van der Waals surface area contributed by atoms with Crippen molar-refractivity contribution in [1.29, 1.82) is 0 Å². The van der Waals surface area contributed by atoms with Crippen LogP contribution in [0.5, 0.6) is 0 Å². The molecule has 2 aromatic rings. The van der Waals surface area contributed by atoms with Crippen molar-refractivity contribution < 1.29 is 4.39 Å². The van der Waals surface area contributed by atoms with E-state index in [1.807, 2.05) is 31.3 Å². The Labute approximate surface area is 142 Å². The Kier molecular flexibility index (Phi) is 6.40. The lowest BCUT2D eigenvalue weighted by molar-refractivity contribution is 0.479. The molecule has 4 heteroatoms. The molecule has 21 heavy (non-hydrogen) atoms. The topological polar surface area (TPSA) is 12.0 Å². The zero-order valence-electron chi connectivity index (χ0n) is 11.9. The highest BCUT2D eigenvalue weighted by atomic mass is 79.9. The van der Waals surface area contributed by atoms with Gasteiger partial charge in [-0.3, -0.25) is 0 Å². The van der Waals surface area contributed by atoms with Crippen molar-refractivity contribution in [2.45, 2.75) is 12.8 Å². The molecule has 0 bridgehead atoms. The molecule has 2 rings (SSSR count). The third kappa shape index (κ3) is 5.20. The molecule has 2 aromatic carbocycles. The van der Waals surface area contributed by atoms with E-state index < -0.39 is 0 Å². The molecule has 0 fully saturated rings. The molecule has 0 radical (unpaired) electrons. The number of halogens is 3. The summed E-state index contributed by atoms with van der Waals surface area (Å²) in [5.74, 6) is 0.222. The molecule has 1 unspecified atom stereocenters. The van der Waals surface area contributed by atoms with Gasteiger partial charge in [-0.2, -0.15) is 0 Å². The first-order chi connectivity index (χ1) is 10.1. The van der Waals surface area contributed by atoms with Crippen LogP contribution in [0.15, 0.2) is 51.4 Å². The van der Waals surface area contributed by atoms with Gasteiger partial charge in [0.2, 0.25) is 0 Å². The molecule has 0 aliphatic heterocycles. The van der Waals surface area contributed by atoms with Gasteiger partial charge in [-0.15, -0.1) is 0 Å². The van der Waals surface area contributed by atoms with Crippen LogP contribution in [0.2, 0.25) is 0 Å². The van der Waals surface area contributed by atoms with Crippen molar-refractivity contribution in [3.8, 4) is 0 Å². The molecule has 1 atom stereocenters. The minimum atomic E-state index is -0.139.